The normalized spacial score (nSPS) is 14.4. The molecule has 0 atom stereocenters. The summed E-state index contributed by atoms with van der Waals surface area (Å²) in [6.07, 6.45) is 6.49. The topological polar surface area (TPSA) is 59.8 Å². The van der Waals surface area contributed by atoms with Gasteiger partial charge in [0.15, 0.2) is 5.16 Å². The largest absolute Gasteiger partial charge is 0.353 e. The molecule has 0 bridgehead atoms. The van der Waals surface area contributed by atoms with E-state index in [1.807, 2.05) is 23.9 Å². The van der Waals surface area contributed by atoms with Crippen molar-refractivity contribution < 1.29 is 4.79 Å². The number of hydrogen-bond donors (Lipinski definition) is 1. The van der Waals surface area contributed by atoms with E-state index in [9.17, 15) is 4.79 Å². The minimum Gasteiger partial charge on any atom is -0.353 e. The van der Waals surface area contributed by atoms with Crippen molar-refractivity contribution in [2.45, 2.75) is 54.9 Å². The van der Waals surface area contributed by atoms with Crippen molar-refractivity contribution >= 4 is 29.4 Å². The standard InChI is InChI=1S/C20H26N4OS2/c1-2-12-24-18(14-26-13-16-8-4-3-5-9-16)22-23-20(24)27-15-19(25)21-17-10-6-7-11-17/h2-5,8-9,17H,1,6-7,10-15H2,(H,21,25). The molecule has 0 spiro atoms. The van der Waals surface area contributed by atoms with E-state index < -0.39 is 0 Å². The Morgan fingerprint density at radius 2 is 2.00 bits per heavy atom. The third kappa shape index (κ3) is 6.14. The summed E-state index contributed by atoms with van der Waals surface area (Å²) in [7, 11) is 0. The number of aromatic nitrogens is 3. The lowest BCUT2D eigenvalue weighted by Gasteiger charge is -2.11. The van der Waals surface area contributed by atoms with Crippen LogP contribution in [-0.4, -0.2) is 32.5 Å². The number of carbonyl (C=O) groups is 1. The van der Waals surface area contributed by atoms with Crippen LogP contribution in [0.15, 0.2) is 48.1 Å². The van der Waals surface area contributed by atoms with E-state index in [1.54, 1.807) is 0 Å². The summed E-state index contributed by atoms with van der Waals surface area (Å²) >= 11 is 3.26. The molecule has 7 heteroatoms. The maximum absolute atomic E-state index is 12.2. The molecule has 27 heavy (non-hydrogen) atoms. The number of carbonyl (C=O) groups excluding carboxylic acids is 1. The number of rotatable bonds is 10. The van der Waals surface area contributed by atoms with Crippen molar-refractivity contribution in [3.63, 3.8) is 0 Å². The summed E-state index contributed by atoms with van der Waals surface area (Å²) in [6.45, 7) is 4.49. The Morgan fingerprint density at radius 3 is 2.74 bits per heavy atom. The van der Waals surface area contributed by atoms with E-state index >= 15 is 0 Å². The molecule has 3 rings (SSSR count). The van der Waals surface area contributed by atoms with E-state index in [1.165, 1.54) is 30.2 Å². The fraction of sp³-hybridized carbons (Fsp3) is 0.450. The molecule has 144 valence electrons. The van der Waals surface area contributed by atoms with E-state index in [4.69, 9.17) is 0 Å². The third-order valence-corrected chi connectivity index (χ3v) is 6.47. The smallest absolute Gasteiger partial charge is 0.230 e. The highest BCUT2D eigenvalue weighted by Crippen LogP contribution is 2.22. The summed E-state index contributed by atoms with van der Waals surface area (Å²) in [5.41, 5.74) is 1.30. The lowest BCUT2D eigenvalue weighted by atomic mass is 10.2. The molecule has 0 unspecified atom stereocenters. The first-order chi connectivity index (χ1) is 13.3. The van der Waals surface area contributed by atoms with Gasteiger partial charge in [-0.1, -0.05) is 61.0 Å². The van der Waals surface area contributed by atoms with Gasteiger partial charge in [-0.2, -0.15) is 0 Å². The van der Waals surface area contributed by atoms with Crippen molar-refractivity contribution in [2.24, 2.45) is 0 Å². The highest BCUT2D eigenvalue weighted by molar-refractivity contribution is 7.99. The minimum absolute atomic E-state index is 0.0834. The molecule has 0 aliphatic heterocycles. The zero-order valence-corrected chi connectivity index (χ0v) is 17.1. The van der Waals surface area contributed by atoms with Gasteiger partial charge in [-0.25, -0.2) is 0 Å². The predicted molar refractivity (Wildman–Crippen MR) is 113 cm³/mol. The fourth-order valence-electron chi connectivity index (χ4n) is 3.15. The average Bonchev–Trinajstić information content (AvgIpc) is 3.32. The van der Waals surface area contributed by atoms with Gasteiger partial charge < -0.3 is 9.88 Å². The van der Waals surface area contributed by atoms with Crippen LogP contribution in [0.25, 0.3) is 0 Å². The predicted octanol–water partition coefficient (Wildman–Crippen LogP) is 4.05. The molecular formula is C20H26N4OS2. The molecule has 0 radical (unpaired) electrons. The second kappa shape index (κ2) is 10.6. The Labute approximate surface area is 169 Å². The molecule has 5 nitrogen and oxygen atoms in total. The van der Waals surface area contributed by atoms with Crippen molar-refractivity contribution in [3.8, 4) is 0 Å². The summed E-state index contributed by atoms with van der Waals surface area (Å²) in [4.78, 5) is 12.2. The Morgan fingerprint density at radius 1 is 1.22 bits per heavy atom. The molecule has 1 aliphatic carbocycles. The van der Waals surface area contributed by atoms with E-state index in [0.29, 0.717) is 18.3 Å². The van der Waals surface area contributed by atoms with Crippen LogP contribution in [0.4, 0.5) is 0 Å². The van der Waals surface area contributed by atoms with Gasteiger partial charge in [0.25, 0.3) is 0 Å². The quantitative estimate of drug-likeness (QED) is 0.480. The number of nitrogens with zero attached hydrogens (tertiary/aromatic N) is 3. The van der Waals surface area contributed by atoms with Crippen LogP contribution in [0, 0.1) is 0 Å². The first-order valence-electron chi connectivity index (χ1n) is 9.33. The van der Waals surface area contributed by atoms with Crippen LogP contribution in [0.2, 0.25) is 0 Å². The molecular weight excluding hydrogens is 376 g/mol. The molecule has 0 saturated heterocycles. The lowest BCUT2D eigenvalue weighted by Crippen LogP contribution is -2.33. The lowest BCUT2D eigenvalue weighted by molar-refractivity contribution is -0.119. The number of thioether (sulfide) groups is 2. The first kappa shape index (κ1) is 20.0. The van der Waals surface area contributed by atoms with E-state index in [0.717, 1.165) is 35.3 Å². The van der Waals surface area contributed by atoms with Crippen molar-refractivity contribution in [1.29, 1.82) is 0 Å². The van der Waals surface area contributed by atoms with Crippen LogP contribution < -0.4 is 5.32 Å². The number of nitrogens with one attached hydrogen (secondary N) is 1. The van der Waals surface area contributed by atoms with Gasteiger partial charge in [-0.15, -0.1) is 28.5 Å². The highest BCUT2D eigenvalue weighted by Gasteiger charge is 2.18. The second-order valence-corrected chi connectivity index (χ2v) is 8.54. The van der Waals surface area contributed by atoms with Crippen LogP contribution >= 0.6 is 23.5 Å². The van der Waals surface area contributed by atoms with Gasteiger partial charge in [0.2, 0.25) is 5.91 Å². The summed E-state index contributed by atoms with van der Waals surface area (Å²) in [5, 5.41) is 12.5. The van der Waals surface area contributed by atoms with E-state index in [-0.39, 0.29) is 5.91 Å². The number of amides is 1. The van der Waals surface area contributed by atoms with Gasteiger partial charge in [0.05, 0.1) is 11.5 Å². The molecule has 1 aromatic carbocycles. The van der Waals surface area contributed by atoms with Crippen LogP contribution in [0.1, 0.15) is 37.1 Å². The van der Waals surface area contributed by atoms with Gasteiger partial charge in [-0.3, -0.25) is 4.79 Å². The second-order valence-electron chi connectivity index (χ2n) is 6.61. The van der Waals surface area contributed by atoms with Crippen molar-refractivity contribution in [3.05, 3.63) is 54.4 Å². The molecule has 1 N–H and O–H groups in total. The van der Waals surface area contributed by atoms with Crippen LogP contribution in [0.3, 0.4) is 0 Å². The monoisotopic (exact) mass is 402 g/mol. The van der Waals surface area contributed by atoms with Gasteiger partial charge >= 0.3 is 0 Å². The zero-order chi connectivity index (χ0) is 18.9. The molecule has 1 amide bonds. The summed E-state index contributed by atoms with van der Waals surface area (Å²) < 4.78 is 2.05. The molecule has 1 saturated carbocycles. The molecule has 1 heterocycles. The maximum Gasteiger partial charge on any atom is 0.230 e. The number of benzene rings is 1. The average molecular weight is 403 g/mol. The van der Waals surface area contributed by atoms with Crippen molar-refractivity contribution in [1.82, 2.24) is 20.1 Å². The Kier molecular flexibility index (Phi) is 7.83. The maximum atomic E-state index is 12.2. The molecule has 2 aromatic rings. The minimum atomic E-state index is 0.0834. The Balaban J connectivity index is 1.52. The summed E-state index contributed by atoms with van der Waals surface area (Å²) in [5.74, 6) is 3.11. The number of hydrogen-bond acceptors (Lipinski definition) is 5. The van der Waals surface area contributed by atoms with Gasteiger partial charge in [0.1, 0.15) is 5.82 Å². The first-order valence-corrected chi connectivity index (χ1v) is 11.5. The van der Waals surface area contributed by atoms with Gasteiger partial charge in [-0.05, 0) is 18.4 Å². The number of allylic oxidation sites excluding steroid dienone is 1. The zero-order valence-electron chi connectivity index (χ0n) is 15.5. The summed E-state index contributed by atoms with van der Waals surface area (Å²) in [6, 6.07) is 10.8. The third-order valence-electron chi connectivity index (χ3n) is 4.50. The Bertz CT molecular complexity index is 742. The SMILES string of the molecule is C=CCn1c(CSCc2ccccc2)nnc1SCC(=O)NC1CCCC1. The van der Waals surface area contributed by atoms with Crippen molar-refractivity contribution in [2.75, 3.05) is 5.75 Å². The Hall–Kier alpha value is -1.73. The molecule has 1 aliphatic rings. The fourth-order valence-corrected chi connectivity index (χ4v) is 4.85. The molecule has 1 aromatic heterocycles. The van der Waals surface area contributed by atoms with Gasteiger partial charge in [0, 0.05) is 18.3 Å². The van der Waals surface area contributed by atoms with Crippen LogP contribution in [-0.2, 0) is 22.8 Å². The highest BCUT2D eigenvalue weighted by atomic mass is 32.2. The van der Waals surface area contributed by atoms with Crippen LogP contribution in [0.5, 0.6) is 0 Å². The van der Waals surface area contributed by atoms with E-state index in [2.05, 4.69) is 50.9 Å². The molecule has 1 fully saturated rings.